The van der Waals surface area contributed by atoms with Crippen molar-refractivity contribution < 1.29 is 4.79 Å². The summed E-state index contributed by atoms with van der Waals surface area (Å²) in [7, 11) is 0. The molecule has 0 fully saturated rings. The first kappa shape index (κ1) is 15.7. The van der Waals surface area contributed by atoms with Gasteiger partial charge >= 0.3 is 0 Å². The molecule has 0 bridgehead atoms. The molecule has 1 aliphatic heterocycles. The Bertz CT molecular complexity index is 945. The van der Waals surface area contributed by atoms with Crippen molar-refractivity contribution in [3.8, 4) is 11.3 Å². The smallest absolute Gasteiger partial charge is 0.221 e. The van der Waals surface area contributed by atoms with Crippen LogP contribution in [0.3, 0.4) is 0 Å². The normalized spacial score (nSPS) is 13.1. The summed E-state index contributed by atoms with van der Waals surface area (Å²) in [5, 5.41) is 8.39. The van der Waals surface area contributed by atoms with Gasteiger partial charge in [0.2, 0.25) is 5.91 Å². The number of imidazole rings is 1. The van der Waals surface area contributed by atoms with Gasteiger partial charge in [0.15, 0.2) is 5.16 Å². The maximum absolute atomic E-state index is 11.1. The number of hydrogen-bond acceptors (Lipinski definition) is 4. The second-order valence-corrected chi connectivity index (χ2v) is 6.66. The van der Waals surface area contributed by atoms with Crippen LogP contribution in [0.25, 0.3) is 11.3 Å². The van der Waals surface area contributed by atoms with Crippen molar-refractivity contribution in [3.05, 3.63) is 66.4 Å². The minimum atomic E-state index is -0.0742. The highest BCUT2D eigenvalue weighted by molar-refractivity contribution is 7.99. The molecule has 0 aliphatic carbocycles. The van der Waals surface area contributed by atoms with Gasteiger partial charge < -0.3 is 5.32 Å². The number of fused-ring (bicyclic) bond motifs is 1. The standard InChI is InChI=1S/C19H16N4OS/c1-13(24)20-16-9-7-15(8-10-16)18-12-25-19-21-17(11-23(19)22-18)14-5-3-2-4-6-14/h2-11H,12H2,1H3,(H,20,24). The molecule has 4 rings (SSSR count). The van der Waals surface area contributed by atoms with Crippen LogP contribution in [0.15, 0.2) is 71.1 Å². The molecule has 124 valence electrons. The number of hydrogen-bond donors (Lipinski definition) is 1. The Morgan fingerprint density at radius 2 is 1.84 bits per heavy atom. The maximum Gasteiger partial charge on any atom is 0.221 e. The van der Waals surface area contributed by atoms with E-state index in [0.29, 0.717) is 0 Å². The lowest BCUT2D eigenvalue weighted by Crippen LogP contribution is -2.13. The molecule has 0 saturated carbocycles. The van der Waals surface area contributed by atoms with Gasteiger partial charge in [0, 0.05) is 23.9 Å². The Morgan fingerprint density at radius 1 is 1.08 bits per heavy atom. The molecule has 1 aromatic heterocycles. The largest absolute Gasteiger partial charge is 0.326 e. The molecular weight excluding hydrogens is 332 g/mol. The summed E-state index contributed by atoms with van der Waals surface area (Å²) in [5.74, 6) is 0.694. The molecule has 2 heterocycles. The third-order valence-electron chi connectivity index (χ3n) is 3.83. The molecule has 1 amide bonds. The van der Waals surface area contributed by atoms with Gasteiger partial charge in [0.05, 0.1) is 17.6 Å². The number of nitrogens with zero attached hydrogens (tertiary/aromatic N) is 3. The highest BCUT2D eigenvalue weighted by atomic mass is 32.2. The Kier molecular flexibility index (Phi) is 4.11. The summed E-state index contributed by atoms with van der Waals surface area (Å²) in [6.07, 6.45) is 1.96. The fourth-order valence-electron chi connectivity index (χ4n) is 2.65. The van der Waals surface area contributed by atoms with Gasteiger partial charge in [-0.15, -0.1) is 0 Å². The zero-order chi connectivity index (χ0) is 17.2. The molecule has 0 saturated heterocycles. The second-order valence-electron chi connectivity index (χ2n) is 5.71. The number of carbonyl (C=O) groups is 1. The van der Waals surface area contributed by atoms with Gasteiger partial charge in [-0.1, -0.05) is 54.2 Å². The maximum atomic E-state index is 11.1. The van der Waals surface area contributed by atoms with Crippen LogP contribution in [0.4, 0.5) is 5.69 Å². The van der Waals surface area contributed by atoms with E-state index in [0.717, 1.165) is 39.1 Å². The molecule has 6 heteroatoms. The molecular formula is C19H16N4OS. The molecule has 0 spiro atoms. The van der Waals surface area contributed by atoms with E-state index in [1.807, 2.05) is 65.5 Å². The van der Waals surface area contributed by atoms with Gasteiger partial charge in [0.1, 0.15) is 0 Å². The van der Waals surface area contributed by atoms with Crippen LogP contribution in [0.1, 0.15) is 12.5 Å². The van der Waals surface area contributed by atoms with E-state index >= 15 is 0 Å². The monoisotopic (exact) mass is 348 g/mol. The summed E-state index contributed by atoms with van der Waals surface area (Å²) < 4.78 is 1.84. The van der Waals surface area contributed by atoms with Crippen LogP contribution in [-0.4, -0.2) is 27.0 Å². The van der Waals surface area contributed by atoms with E-state index in [1.54, 1.807) is 11.8 Å². The van der Waals surface area contributed by atoms with Gasteiger partial charge in [-0.2, -0.15) is 5.10 Å². The minimum Gasteiger partial charge on any atom is -0.326 e. The lowest BCUT2D eigenvalue weighted by Gasteiger charge is -2.13. The molecule has 1 aliphatic rings. The summed E-state index contributed by atoms with van der Waals surface area (Å²) in [6, 6.07) is 17.8. The highest BCUT2D eigenvalue weighted by Gasteiger charge is 2.17. The van der Waals surface area contributed by atoms with E-state index < -0.39 is 0 Å². The number of amides is 1. The van der Waals surface area contributed by atoms with Gasteiger partial charge in [-0.25, -0.2) is 9.66 Å². The van der Waals surface area contributed by atoms with E-state index in [1.165, 1.54) is 6.92 Å². The third-order valence-corrected chi connectivity index (χ3v) is 4.79. The molecule has 0 radical (unpaired) electrons. The third kappa shape index (κ3) is 3.34. The average molecular weight is 348 g/mol. The number of aromatic nitrogens is 2. The van der Waals surface area contributed by atoms with Gasteiger partial charge in [0.25, 0.3) is 0 Å². The number of nitrogens with one attached hydrogen (secondary N) is 1. The van der Waals surface area contributed by atoms with Crippen LogP contribution in [0.5, 0.6) is 0 Å². The first-order valence-corrected chi connectivity index (χ1v) is 8.91. The lowest BCUT2D eigenvalue weighted by molar-refractivity contribution is -0.114. The number of rotatable bonds is 3. The number of thioether (sulfide) groups is 1. The van der Waals surface area contributed by atoms with Crippen molar-refractivity contribution >= 4 is 29.1 Å². The van der Waals surface area contributed by atoms with Crippen molar-refractivity contribution in [1.29, 1.82) is 0 Å². The van der Waals surface area contributed by atoms with Crippen molar-refractivity contribution in [3.63, 3.8) is 0 Å². The van der Waals surface area contributed by atoms with Gasteiger partial charge in [-0.3, -0.25) is 4.79 Å². The first-order chi connectivity index (χ1) is 12.2. The molecule has 25 heavy (non-hydrogen) atoms. The molecule has 2 aromatic carbocycles. The van der Waals surface area contributed by atoms with E-state index in [2.05, 4.69) is 10.3 Å². The van der Waals surface area contributed by atoms with Crippen LogP contribution in [0, 0.1) is 0 Å². The zero-order valence-corrected chi connectivity index (χ0v) is 14.5. The second kappa shape index (κ2) is 6.57. The minimum absolute atomic E-state index is 0.0742. The number of carbonyl (C=O) groups excluding carboxylic acids is 1. The number of anilines is 1. The predicted octanol–water partition coefficient (Wildman–Crippen LogP) is 3.87. The summed E-state index contributed by atoms with van der Waals surface area (Å²) in [6.45, 7) is 1.50. The van der Waals surface area contributed by atoms with E-state index in [4.69, 9.17) is 5.10 Å². The average Bonchev–Trinajstić information content (AvgIpc) is 3.06. The number of benzene rings is 2. The molecule has 0 atom stereocenters. The zero-order valence-electron chi connectivity index (χ0n) is 13.6. The van der Waals surface area contributed by atoms with Crippen LogP contribution in [0.2, 0.25) is 0 Å². The molecule has 0 unspecified atom stereocenters. The fourth-order valence-corrected chi connectivity index (χ4v) is 3.53. The van der Waals surface area contributed by atoms with Gasteiger partial charge in [-0.05, 0) is 17.7 Å². The highest BCUT2D eigenvalue weighted by Crippen LogP contribution is 2.28. The first-order valence-electron chi connectivity index (χ1n) is 7.92. The predicted molar refractivity (Wildman–Crippen MR) is 101 cm³/mol. The van der Waals surface area contributed by atoms with E-state index in [9.17, 15) is 4.79 Å². The SMILES string of the molecule is CC(=O)Nc1ccc(C2=Nn3cc(-c4ccccc4)nc3SC2)cc1. The van der Waals surface area contributed by atoms with Crippen molar-refractivity contribution in [1.82, 2.24) is 9.66 Å². The van der Waals surface area contributed by atoms with Crippen molar-refractivity contribution in [2.75, 3.05) is 11.1 Å². The molecule has 5 nitrogen and oxygen atoms in total. The lowest BCUT2D eigenvalue weighted by atomic mass is 10.1. The summed E-state index contributed by atoms with van der Waals surface area (Å²) in [4.78, 5) is 15.8. The Labute approximate surface area is 149 Å². The van der Waals surface area contributed by atoms with Crippen LogP contribution in [-0.2, 0) is 4.79 Å². The topological polar surface area (TPSA) is 59.3 Å². The molecule has 1 N–H and O–H groups in total. The Balaban J connectivity index is 1.61. The van der Waals surface area contributed by atoms with Crippen LogP contribution >= 0.6 is 11.8 Å². The summed E-state index contributed by atoms with van der Waals surface area (Å²) in [5.41, 5.74) is 4.83. The molecule has 3 aromatic rings. The fraction of sp³-hybridized carbons (Fsp3) is 0.105. The van der Waals surface area contributed by atoms with Crippen molar-refractivity contribution in [2.45, 2.75) is 12.1 Å². The Morgan fingerprint density at radius 3 is 2.56 bits per heavy atom. The Hall–Kier alpha value is -2.86. The quantitative estimate of drug-likeness (QED) is 0.782. The van der Waals surface area contributed by atoms with Crippen LogP contribution < -0.4 is 5.32 Å². The van der Waals surface area contributed by atoms with Crippen molar-refractivity contribution in [2.24, 2.45) is 5.10 Å². The summed E-state index contributed by atoms with van der Waals surface area (Å²) >= 11 is 1.67. The van der Waals surface area contributed by atoms with E-state index in [-0.39, 0.29) is 5.91 Å².